The quantitative estimate of drug-likeness (QED) is 0.739. The van der Waals surface area contributed by atoms with E-state index in [1.54, 1.807) is 0 Å². The van der Waals surface area contributed by atoms with Crippen molar-refractivity contribution in [2.24, 2.45) is 5.73 Å². The Kier molecular flexibility index (Phi) is 4.40. The average molecular weight is 239 g/mol. The maximum atomic E-state index is 12.1. The number of carbonyl (C=O) groups excluding carboxylic acids is 1. The van der Waals surface area contributed by atoms with Gasteiger partial charge in [-0.3, -0.25) is 9.69 Å². The van der Waals surface area contributed by atoms with Crippen molar-refractivity contribution >= 4 is 5.91 Å². The van der Waals surface area contributed by atoms with E-state index in [0.29, 0.717) is 31.0 Å². The first-order valence-corrected chi connectivity index (χ1v) is 6.96. The van der Waals surface area contributed by atoms with Gasteiger partial charge in [0, 0.05) is 31.6 Å². The largest absolute Gasteiger partial charge is 0.337 e. The fourth-order valence-electron chi connectivity index (χ4n) is 3.10. The number of fused-ring (bicyclic) bond motifs is 1. The van der Waals surface area contributed by atoms with Crippen molar-refractivity contribution in [2.45, 2.75) is 51.1 Å². The monoisotopic (exact) mass is 239 g/mol. The number of amides is 1. The second kappa shape index (κ2) is 5.83. The standard InChI is InChI=1S/C13H25N3O/c1-11-9-15-8-4-5-12(15)10-16(11)13(17)6-2-3-7-14/h11-12H,2-10,14H2,1H3. The van der Waals surface area contributed by atoms with Gasteiger partial charge in [0.15, 0.2) is 0 Å². The molecule has 0 spiro atoms. The third-order valence-corrected chi connectivity index (χ3v) is 4.10. The van der Waals surface area contributed by atoms with Crippen molar-refractivity contribution in [3.63, 3.8) is 0 Å². The lowest BCUT2D eigenvalue weighted by Gasteiger charge is -2.42. The molecule has 2 fully saturated rings. The molecule has 0 aromatic rings. The first kappa shape index (κ1) is 12.8. The molecule has 2 heterocycles. The molecule has 0 bridgehead atoms. The van der Waals surface area contributed by atoms with Crippen LogP contribution in [0.2, 0.25) is 0 Å². The van der Waals surface area contributed by atoms with Gasteiger partial charge in [-0.05, 0) is 45.7 Å². The maximum absolute atomic E-state index is 12.1. The summed E-state index contributed by atoms with van der Waals surface area (Å²) in [6, 6.07) is 1.01. The summed E-state index contributed by atoms with van der Waals surface area (Å²) in [5, 5.41) is 0. The van der Waals surface area contributed by atoms with Gasteiger partial charge >= 0.3 is 0 Å². The molecule has 0 aromatic carbocycles. The highest BCUT2D eigenvalue weighted by atomic mass is 16.2. The SMILES string of the molecule is CC1CN2CCCC2CN1C(=O)CCCCN. The Balaban J connectivity index is 1.84. The third-order valence-electron chi connectivity index (χ3n) is 4.10. The molecule has 2 rings (SSSR count). The van der Waals surface area contributed by atoms with Crippen molar-refractivity contribution in [1.82, 2.24) is 9.80 Å². The summed E-state index contributed by atoms with van der Waals surface area (Å²) in [5.74, 6) is 0.331. The highest BCUT2D eigenvalue weighted by Gasteiger charge is 2.35. The van der Waals surface area contributed by atoms with Gasteiger partial charge < -0.3 is 10.6 Å². The van der Waals surface area contributed by atoms with Gasteiger partial charge in [0.25, 0.3) is 0 Å². The Morgan fingerprint density at radius 3 is 2.94 bits per heavy atom. The first-order valence-electron chi connectivity index (χ1n) is 6.96. The maximum Gasteiger partial charge on any atom is 0.222 e. The number of hydrogen-bond donors (Lipinski definition) is 1. The molecule has 2 saturated heterocycles. The van der Waals surface area contributed by atoms with E-state index < -0.39 is 0 Å². The highest BCUT2D eigenvalue weighted by Crippen LogP contribution is 2.25. The summed E-state index contributed by atoms with van der Waals surface area (Å²) in [6.07, 6.45) is 5.14. The van der Waals surface area contributed by atoms with Gasteiger partial charge in [0.05, 0.1) is 0 Å². The minimum atomic E-state index is 0.331. The van der Waals surface area contributed by atoms with Crippen LogP contribution in [0.4, 0.5) is 0 Å². The summed E-state index contributed by atoms with van der Waals surface area (Å²) in [6.45, 7) is 6.11. The lowest BCUT2D eigenvalue weighted by atomic mass is 10.1. The van der Waals surface area contributed by atoms with Crippen LogP contribution < -0.4 is 5.73 Å². The van der Waals surface area contributed by atoms with Crippen LogP contribution in [0.15, 0.2) is 0 Å². The molecule has 0 saturated carbocycles. The van der Waals surface area contributed by atoms with E-state index in [1.165, 1.54) is 19.4 Å². The molecule has 2 atom stereocenters. The number of piperazine rings is 1. The van der Waals surface area contributed by atoms with Crippen LogP contribution in [0.25, 0.3) is 0 Å². The Morgan fingerprint density at radius 1 is 1.35 bits per heavy atom. The van der Waals surface area contributed by atoms with Crippen molar-refractivity contribution in [3.05, 3.63) is 0 Å². The van der Waals surface area contributed by atoms with Crippen LogP contribution in [0.5, 0.6) is 0 Å². The number of nitrogens with zero attached hydrogens (tertiary/aromatic N) is 2. The molecule has 2 unspecified atom stereocenters. The van der Waals surface area contributed by atoms with Crippen LogP contribution in [-0.2, 0) is 4.79 Å². The number of carbonyl (C=O) groups is 1. The molecule has 2 aliphatic heterocycles. The van der Waals surface area contributed by atoms with E-state index >= 15 is 0 Å². The lowest BCUT2D eigenvalue weighted by Crippen LogP contribution is -2.56. The molecular weight excluding hydrogens is 214 g/mol. The van der Waals surface area contributed by atoms with Gasteiger partial charge in [0.1, 0.15) is 0 Å². The van der Waals surface area contributed by atoms with E-state index in [-0.39, 0.29) is 0 Å². The van der Waals surface area contributed by atoms with E-state index in [4.69, 9.17) is 5.73 Å². The van der Waals surface area contributed by atoms with E-state index in [2.05, 4.69) is 16.7 Å². The molecule has 98 valence electrons. The zero-order valence-electron chi connectivity index (χ0n) is 10.9. The topological polar surface area (TPSA) is 49.6 Å². The van der Waals surface area contributed by atoms with E-state index in [1.807, 2.05) is 0 Å². The van der Waals surface area contributed by atoms with Crippen LogP contribution in [0, 0.1) is 0 Å². The van der Waals surface area contributed by atoms with Crippen molar-refractivity contribution in [3.8, 4) is 0 Å². The average Bonchev–Trinajstić information content (AvgIpc) is 2.75. The summed E-state index contributed by atoms with van der Waals surface area (Å²) in [7, 11) is 0. The summed E-state index contributed by atoms with van der Waals surface area (Å²) >= 11 is 0. The lowest BCUT2D eigenvalue weighted by molar-refractivity contribution is -0.136. The number of hydrogen-bond acceptors (Lipinski definition) is 3. The highest BCUT2D eigenvalue weighted by molar-refractivity contribution is 5.76. The van der Waals surface area contributed by atoms with Crippen molar-refractivity contribution in [2.75, 3.05) is 26.2 Å². The molecule has 2 aliphatic rings. The second-order valence-electron chi connectivity index (χ2n) is 5.43. The Morgan fingerprint density at radius 2 is 2.18 bits per heavy atom. The Labute approximate surface area is 104 Å². The summed E-state index contributed by atoms with van der Waals surface area (Å²) in [5.41, 5.74) is 5.46. The molecule has 17 heavy (non-hydrogen) atoms. The molecule has 0 radical (unpaired) electrons. The van der Waals surface area contributed by atoms with Gasteiger partial charge in [-0.15, -0.1) is 0 Å². The predicted molar refractivity (Wildman–Crippen MR) is 68.7 cm³/mol. The van der Waals surface area contributed by atoms with E-state index in [0.717, 1.165) is 25.9 Å². The predicted octanol–water partition coefficient (Wildman–Crippen LogP) is 0.811. The molecule has 0 aliphatic carbocycles. The van der Waals surface area contributed by atoms with Crippen LogP contribution >= 0.6 is 0 Å². The summed E-state index contributed by atoms with van der Waals surface area (Å²) in [4.78, 5) is 16.8. The second-order valence-corrected chi connectivity index (χ2v) is 5.43. The zero-order valence-corrected chi connectivity index (χ0v) is 10.9. The Hall–Kier alpha value is -0.610. The summed E-state index contributed by atoms with van der Waals surface area (Å²) < 4.78 is 0. The van der Waals surface area contributed by atoms with Crippen molar-refractivity contribution in [1.29, 1.82) is 0 Å². The third kappa shape index (κ3) is 2.99. The normalized spacial score (nSPS) is 29.4. The number of nitrogens with two attached hydrogens (primary N) is 1. The minimum Gasteiger partial charge on any atom is -0.337 e. The van der Waals surface area contributed by atoms with Crippen LogP contribution in [0.3, 0.4) is 0 Å². The Bertz CT molecular complexity index is 269. The molecule has 1 amide bonds. The van der Waals surface area contributed by atoms with Crippen LogP contribution in [-0.4, -0.2) is 54.0 Å². The smallest absolute Gasteiger partial charge is 0.222 e. The fraction of sp³-hybridized carbons (Fsp3) is 0.923. The molecular formula is C13H25N3O. The first-order chi connectivity index (χ1) is 8.22. The van der Waals surface area contributed by atoms with Gasteiger partial charge in [-0.25, -0.2) is 0 Å². The van der Waals surface area contributed by atoms with Crippen molar-refractivity contribution < 1.29 is 4.79 Å². The number of unbranched alkanes of at least 4 members (excludes halogenated alkanes) is 1. The van der Waals surface area contributed by atoms with Gasteiger partial charge in [0.2, 0.25) is 5.91 Å². The molecule has 4 nitrogen and oxygen atoms in total. The molecule has 4 heteroatoms. The van der Waals surface area contributed by atoms with Gasteiger partial charge in [-0.2, -0.15) is 0 Å². The fourth-order valence-corrected chi connectivity index (χ4v) is 3.10. The number of rotatable bonds is 4. The zero-order chi connectivity index (χ0) is 12.3. The van der Waals surface area contributed by atoms with E-state index in [9.17, 15) is 4.79 Å². The molecule has 2 N–H and O–H groups in total. The molecule has 0 aromatic heterocycles. The minimum absolute atomic E-state index is 0.331. The van der Waals surface area contributed by atoms with Crippen LogP contribution in [0.1, 0.15) is 39.0 Å². The van der Waals surface area contributed by atoms with Gasteiger partial charge in [-0.1, -0.05) is 0 Å².